The van der Waals surface area contributed by atoms with Crippen molar-refractivity contribution in [1.29, 1.82) is 0 Å². The van der Waals surface area contributed by atoms with Crippen molar-refractivity contribution in [3.8, 4) is 21.7 Å². The molecule has 0 aliphatic heterocycles. The maximum Gasteiger partial charge on any atom is 0.162 e. The van der Waals surface area contributed by atoms with Crippen molar-refractivity contribution in [3.63, 3.8) is 0 Å². The van der Waals surface area contributed by atoms with Crippen LogP contribution in [0.3, 0.4) is 0 Å². The van der Waals surface area contributed by atoms with Crippen LogP contribution in [0.2, 0.25) is 0 Å². The molecule has 3 nitrogen and oxygen atoms in total. The first-order valence-corrected chi connectivity index (χ1v) is 21.7. The van der Waals surface area contributed by atoms with Crippen LogP contribution >= 0.6 is 11.3 Å². The summed E-state index contributed by atoms with van der Waals surface area (Å²) in [6.07, 6.45) is 6.87. The molecule has 5 rings (SSSR count). The van der Waals surface area contributed by atoms with Crippen LogP contribution in [0.5, 0.6) is 0 Å². The van der Waals surface area contributed by atoms with Gasteiger partial charge in [-0.1, -0.05) is 143 Å². The number of ketones is 1. The summed E-state index contributed by atoms with van der Waals surface area (Å²) < 4.78 is 1.24. The maximum absolute atomic E-state index is 11.7. The molecule has 305 valence electrons. The molecule has 2 aromatic heterocycles. The molecule has 1 N–H and O–H groups in total. The Kier molecular flexibility index (Phi) is 16.9. The van der Waals surface area contributed by atoms with E-state index in [2.05, 4.69) is 136 Å². The molecule has 0 fully saturated rings. The molecule has 2 heterocycles. The van der Waals surface area contributed by atoms with Gasteiger partial charge in [-0.2, -0.15) is 0 Å². The number of aliphatic hydroxyl groups excluding tert-OH is 1. The van der Waals surface area contributed by atoms with Crippen LogP contribution in [0.25, 0.3) is 42.6 Å². The number of thiophene rings is 1. The molecule has 56 heavy (non-hydrogen) atoms. The van der Waals surface area contributed by atoms with Gasteiger partial charge in [0.2, 0.25) is 0 Å². The molecule has 3 aromatic carbocycles. The normalized spacial score (nSPS) is 12.6. The van der Waals surface area contributed by atoms with E-state index in [0.29, 0.717) is 17.8 Å². The summed E-state index contributed by atoms with van der Waals surface area (Å²) in [5, 5.41) is 13.5. The SMILES string of the molecule is CCC(CC)C(=O)/C=C(\O)C(CC)CC.Cc1c(-c2ccc(C(C(C)C)(C(C)C)C(C)C)cc2)sc2c(-c3[c-]c4ccccc4c(C(C)(C)C)c3)nccc12.[Ir]. The molecule has 0 amide bonds. The Morgan fingerprint density at radius 2 is 1.36 bits per heavy atom. The van der Waals surface area contributed by atoms with Gasteiger partial charge in [0.15, 0.2) is 5.78 Å². The molecule has 0 aliphatic rings. The van der Waals surface area contributed by atoms with Crippen molar-refractivity contribution in [3.05, 3.63) is 101 Å². The molecule has 1 radical (unpaired) electrons. The number of aromatic nitrogens is 1. The van der Waals surface area contributed by atoms with E-state index in [-0.39, 0.29) is 54.3 Å². The van der Waals surface area contributed by atoms with Gasteiger partial charge < -0.3 is 5.11 Å². The van der Waals surface area contributed by atoms with E-state index in [4.69, 9.17) is 4.98 Å². The second-order valence-electron chi connectivity index (χ2n) is 17.5. The Morgan fingerprint density at radius 3 is 1.88 bits per heavy atom. The molecule has 0 atom stereocenters. The number of carbonyl (C=O) groups is 1. The Labute approximate surface area is 357 Å². The van der Waals surface area contributed by atoms with Crippen LogP contribution in [0.1, 0.15) is 132 Å². The number of aliphatic hydroxyl groups is 1. The number of pyridine rings is 1. The van der Waals surface area contributed by atoms with Gasteiger partial charge in [0.25, 0.3) is 0 Å². The molecule has 5 heteroatoms. The minimum absolute atomic E-state index is 0. The fraction of sp³-hybridized carbons (Fsp3) is 0.490. The van der Waals surface area contributed by atoms with Crippen molar-refractivity contribution in [2.45, 2.75) is 133 Å². The summed E-state index contributed by atoms with van der Waals surface area (Å²) in [6, 6.07) is 26.3. The van der Waals surface area contributed by atoms with Gasteiger partial charge in [0, 0.05) is 64.9 Å². The maximum atomic E-state index is 11.7. The van der Waals surface area contributed by atoms with Crippen molar-refractivity contribution in [2.24, 2.45) is 29.6 Å². The fourth-order valence-electron chi connectivity index (χ4n) is 9.28. The van der Waals surface area contributed by atoms with Crippen LogP contribution in [0, 0.1) is 42.6 Å². The van der Waals surface area contributed by atoms with E-state index in [1.165, 1.54) is 48.7 Å². The first-order valence-electron chi connectivity index (χ1n) is 20.9. The molecular weight excluding hydrogens is 883 g/mol. The average Bonchev–Trinajstić information content (AvgIpc) is 3.48. The molecular formula is C51H68IrNO2S-. The standard InChI is InChI=1S/C38H44NS.C13H24O2.Ir/c1-23(2)38(24(3)4,25(5)6)30-17-15-27(16-18-30)35-26(7)31-19-20-39-34(36(31)40-35)29-21-28-13-11-12-14-32(28)33(22-29)37(8,9)10;1-5-10(6-2)12(14)9-13(15)11(7-3)8-4;/h11-20,22-25H,1-10H3;9-11,14H,5-8H2,1-4H3;/q-1;;/b;12-9-;. The zero-order valence-electron chi connectivity index (χ0n) is 36.7. The summed E-state index contributed by atoms with van der Waals surface area (Å²) >= 11 is 1.87. The van der Waals surface area contributed by atoms with Crippen LogP contribution in [-0.4, -0.2) is 15.9 Å². The number of hydrogen-bond donors (Lipinski definition) is 1. The molecule has 0 spiro atoms. The quantitative estimate of drug-likeness (QED) is 0.0727. The van der Waals surface area contributed by atoms with Crippen LogP contribution in [0.15, 0.2) is 78.7 Å². The number of nitrogens with zero attached hydrogens (tertiary/aromatic N) is 1. The number of fused-ring (bicyclic) bond motifs is 2. The second kappa shape index (κ2) is 20.0. The van der Waals surface area contributed by atoms with Crippen molar-refractivity contribution in [1.82, 2.24) is 4.98 Å². The van der Waals surface area contributed by atoms with E-state index in [0.717, 1.165) is 42.3 Å². The number of aryl methyl sites for hydroxylation is 1. The summed E-state index contributed by atoms with van der Waals surface area (Å²) in [6.45, 7) is 31.5. The summed E-state index contributed by atoms with van der Waals surface area (Å²) in [5.41, 5.74) is 7.69. The Balaban J connectivity index is 0.000000448. The van der Waals surface area contributed by atoms with Crippen LogP contribution in [-0.2, 0) is 35.7 Å². The van der Waals surface area contributed by atoms with E-state index in [1.807, 2.05) is 45.2 Å². The molecule has 5 aromatic rings. The first-order chi connectivity index (χ1) is 26.0. The largest absolute Gasteiger partial charge is 0.512 e. The smallest absolute Gasteiger partial charge is 0.162 e. The molecule has 0 saturated heterocycles. The fourth-order valence-corrected chi connectivity index (χ4v) is 10.6. The number of carbonyl (C=O) groups excluding carboxylic acids is 1. The first kappa shape index (κ1) is 47.3. The Bertz CT molecular complexity index is 2050. The molecule has 0 bridgehead atoms. The average molecular weight is 951 g/mol. The minimum Gasteiger partial charge on any atom is -0.512 e. The number of benzene rings is 3. The number of hydrogen-bond acceptors (Lipinski definition) is 4. The van der Waals surface area contributed by atoms with Crippen molar-refractivity contribution < 1.29 is 30.0 Å². The number of rotatable bonds is 13. The second-order valence-corrected chi connectivity index (χ2v) is 18.5. The number of allylic oxidation sites excluding steroid dienone is 2. The Morgan fingerprint density at radius 1 is 0.804 bits per heavy atom. The summed E-state index contributed by atoms with van der Waals surface area (Å²) in [7, 11) is 0. The van der Waals surface area contributed by atoms with Gasteiger partial charge in [0.1, 0.15) is 0 Å². The van der Waals surface area contributed by atoms with Crippen molar-refractivity contribution >= 4 is 38.0 Å². The van der Waals surface area contributed by atoms with Gasteiger partial charge in [-0.15, -0.1) is 40.5 Å². The van der Waals surface area contributed by atoms with E-state index in [1.54, 1.807) is 0 Å². The van der Waals surface area contributed by atoms with Gasteiger partial charge in [-0.05, 0) is 83.9 Å². The minimum atomic E-state index is 0. The predicted octanol–water partition coefficient (Wildman–Crippen LogP) is 15.3. The van der Waals surface area contributed by atoms with Crippen molar-refractivity contribution in [2.75, 3.05) is 0 Å². The predicted molar refractivity (Wildman–Crippen MR) is 240 cm³/mol. The topological polar surface area (TPSA) is 50.2 Å². The van der Waals surface area contributed by atoms with Gasteiger partial charge in [0.05, 0.1) is 5.76 Å². The zero-order valence-corrected chi connectivity index (χ0v) is 39.9. The van der Waals surface area contributed by atoms with Gasteiger partial charge in [-0.25, -0.2) is 0 Å². The molecule has 0 aliphatic carbocycles. The third-order valence-electron chi connectivity index (χ3n) is 12.3. The third kappa shape index (κ3) is 9.77. The molecule has 0 unspecified atom stereocenters. The zero-order chi connectivity index (χ0) is 40.8. The van der Waals surface area contributed by atoms with E-state index in [9.17, 15) is 9.90 Å². The third-order valence-corrected chi connectivity index (χ3v) is 13.7. The summed E-state index contributed by atoms with van der Waals surface area (Å²) in [5.74, 6) is 2.24. The van der Waals surface area contributed by atoms with Crippen LogP contribution < -0.4 is 0 Å². The molecule has 0 saturated carbocycles. The van der Waals surface area contributed by atoms with Gasteiger partial charge >= 0.3 is 0 Å². The van der Waals surface area contributed by atoms with Crippen LogP contribution in [0.4, 0.5) is 0 Å². The van der Waals surface area contributed by atoms with E-state index >= 15 is 0 Å². The van der Waals surface area contributed by atoms with E-state index < -0.39 is 0 Å². The Hall–Kier alpha value is -3.11. The monoisotopic (exact) mass is 951 g/mol. The van der Waals surface area contributed by atoms with Gasteiger partial charge in [-0.3, -0.25) is 9.78 Å². The summed E-state index contributed by atoms with van der Waals surface area (Å²) in [4.78, 5) is 18.0.